The number of carboxylic acids is 2. The monoisotopic (exact) mass is 619 g/mol. The molecule has 0 saturated heterocycles. The molecule has 0 bridgehead atoms. The average molecular weight is 619 g/mol. The van der Waals surface area contributed by atoms with Crippen molar-refractivity contribution in [3.05, 3.63) is 0 Å². The van der Waals surface area contributed by atoms with Crippen molar-refractivity contribution in [3.63, 3.8) is 0 Å². The molecule has 0 radical (unpaired) electrons. The summed E-state index contributed by atoms with van der Waals surface area (Å²) in [6.45, 7) is 5.10. The number of hydrogen-bond acceptors (Lipinski definition) is 6. The largest absolute Gasteiger partial charge is 0.481 e. The zero-order chi connectivity index (χ0) is 32.8. The number of aliphatic hydroxyl groups excluding tert-OH is 2. The van der Waals surface area contributed by atoms with E-state index in [2.05, 4.69) is 13.8 Å². The molecule has 0 aliphatic rings. The van der Waals surface area contributed by atoms with Crippen LogP contribution in [0.5, 0.6) is 0 Å². The maximum Gasteiger partial charge on any atom is 0.305 e. The van der Waals surface area contributed by atoms with Crippen molar-refractivity contribution in [2.75, 3.05) is 13.2 Å². The Morgan fingerprint density at radius 1 is 0.535 bits per heavy atom. The van der Waals surface area contributed by atoms with Crippen LogP contribution in [0.4, 0.5) is 0 Å². The number of unbranched alkanes of at least 4 members (excludes halogenated alkanes) is 22. The van der Waals surface area contributed by atoms with Crippen molar-refractivity contribution in [2.45, 2.75) is 194 Å². The van der Waals surface area contributed by atoms with E-state index in [1.54, 1.807) is 0 Å². The number of ether oxygens (including phenoxy) is 1. The van der Waals surface area contributed by atoms with E-state index in [1.807, 2.05) is 0 Å². The van der Waals surface area contributed by atoms with Crippen LogP contribution in [0.25, 0.3) is 0 Å². The van der Waals surface area contributed by atoms with Gasteiger partial charge in [-0.2, -0.15) is 0 Å². The first-order valence-electron chi connectivity index (χ1n) is 17.6. The van der Waals surface area contributed by atoms with Gasteiger partial charge in [-0.25, -0.2) is 0 Å². The molecule has 0 aromatic heterocycles. The maximum atomic E-state index is 11.4. The number of hydrogen-bond donors (Lipinski definition) is 4. The minimum atomic E-state index is -0.954. The maximum absolute atomic E-state index is 11.4. The van der Waals surface area contributed by atoms with Gasteiger partial charge in [0.15, 0.2) is 0 Å². The second-order valence-corrected chi connectivity index (χ2v) is 11.7. The van der Waals surface area contributed by atoms with E-state index in [4.69, 9.17) is 30.0 Å². The third-order valence-electron chi connectivity index (χ3n) is 7.13. The molecule has 8 heteroatoms. The highest BCUT2D eigenvalue weighted by Gasteiger charge is 2.07. The lowest BCUT2D eigenvalue weighted by atomic mass is 10.0. The van der Waals surface area contributed by atoms with E-state index in [1.165, 1.54) is 128 Å². The van der Waals surface area contributed by atoms with Crippen LogP contribution in [-0.4, -0.2) is 57.7 Å². The first kappa shape index (κ1) is 45.8. The Kier molecular flexibility index (Phi) is 42.9. The topological polar surface area (TPSA) is 141 Å². The summed E-state index contributed by atoms with van der Waals surface area (Å²) in [6.07, 6.45) is 30.5. The second kappa shape index (κ2) is 40.3. The molecule has 0 aromatic carbocycles. The molecule has 43 heavy (non-hydrogen) atoms. The van der Waals surface area contributed by atoms with Gasteiger partial charge in [0.1, 0.15) is 12.7 Å². The highest BCUT2D eigenvalue weighted by atomic mass is 16.5. The molecule has 1 atom stereocenters. The van der Waals surface area contributed by atoms with E-state index in [0.717, 1.165) is 32.6 Å². The molecular weight excluding hydrogens is 548 g/mol. The van der Waals surface area contributed by atoms with E-state index in [-0.39, 0.29) is 19.2 Å². The van der Waals surface area contributed by atoms with E-state index in [9.17, 15) is 9.59 Å². The third kappa shape index (κ3) is 53.3. The third-order valence-corrected chi connectivity index (χ3v) is 7.13. The van der Waals surface area contributed by atoms with Gasteiger partial charge in [0, 0.05) is 19.8 Å². The van der Waals surface area contributed by atoms with Crippen LogP contribution in [-0.2, 0) is 19.1 Å². The highest BCUT2D eigenvalue weighted by molar-refractivity contribution is 5.69. The Morgan fingerprint density at radius 3 is 1.09 bits per heavy atom. The van der Waals surface area contributed by atoms with Crippen LogP contribution in [0.15, 0.2) is 0 Å². The summed E-state index contributed by atoms with van der Waals surface area (Å²) in [5.74, 6) is -1.77. The van der Waals surface area contributed by atoms with Gasteiger partial charge >= 0.3 is 11.9 Å². The molecule has 258 valence electrons. The first-order valence-corrected chi connectivity index (χ1v) is 17.6. The molecule has 0 aromatic rings. The Morgan fingerprint density at radius 2 is 0.814 bits per heavy atom. The fourth-order valence-corrected chi connectivity index (χ4v) is 4.54. The molecule has 1 unspecified atom stereocenters. The molecular formula is C35H70O8. The van der Waals surface area contributed by atoms with Crippen LogP contribution in [0.1, 0.15) is 188 Å². The van der Waals surface area contributed by atoms with Gasteiger partial charge in [-0.1, -0.05) is 155 Å². The summed E-state index contributed by atoms with van der Waals surface area (Å²) in [5, 5.41) is 33.5. The van der Waals surface area contributed by atoms with Crippen LogP contribution in [0.3, 0.4) is 0 Å². The summed E-state index contributed by atoms with van der Waals surface area (Å²) in [5.41, 5.74) is 0. The lowest BCUT2D eigenvalue weighted by Crippen LogP contribution is -2.21. The van der Waals surface area contributed by atoms with Gasteiger partial charge in [0.2, 0.25) is 0 Å². The molecule has 0 heterocycles. The number of carbonyl (C=O) groups is 3. The number of carboxylic acid groups (broad SMARTS) is 2. The zero-order valence-electron chi connectivity index (χ0n) is 28.3. The van der Waals surface area contributed by atoms with E-state index >= 15 is 0 Å². The zero-order valence-corrected chi connectivity index (χ0v) is 28.3. The fraction of sp³-hybridized carbons (Fsp3) is 0.914. The smallest absolute Gasteiger partial charge is 0.305 e. The molecule has 4 N–H and O–H groups in total. The summed E-state index contributed by atoms with van der Waals surface area (Å²) in [7, 11) is 0. The molecule has 0 aliphatic heterocycles. The number of aliphatic hydroxyl groups is 2. The number of rotatable bonds is 29. The van der Waals surface area contributed by atoms with Crippen molar-refractivity contribution < 1.29 is 39.5 Å². The molecule has 0 saturated carbocycles. The Labute approximate surface area is 264 Å². The Hall–Kier alpha value is -1.67. The van der Waals surface area contributed by atoms with Crippen LogP contribution < -0.4 is 0 Å². The van der Waals surface area contributed by atoms with Gasteiger partial charge < -0.3 is 25.2 Å². The summed E-state index contributed by atoms with van der Waals surface area (Å²) in [4.78, 5) is 30.6. The van der Waals surface area contributed by atoms with Gasteiger partial charge in [-0.05, 0) is 12.8 Å². The van der Waals surface area contributed by atoms with Crippen molar-refractivity contribution in [1.29, 1.82) is 0 Å². The number of aliphatic carboxylic acids is 2. The summed E-state index contributed by atoms with van der Waals surface area (Å²) < 4.78 is 4.86. The van der Waals surface area contributed by atoms with Gasteiger partial charge in [0.05, 0.1) is 6.61 Å². The normalized spacial score (nSPS) is 11.1. The van der Waals surface area contributed by atoms with Gasteiger partial charge in [0.25, 0.3) is 5.97 Å². The summed E-state index contributed by atoms with van der Waals surface area (Å²) >= 11 is 0. The van der Waals surface area contributed by atoms with E-state index < -0.39 is 18.0 Å². The lowest BCUT2D eigenvalue weighted by Gasteiger charge is -2.08. The van der Waals surface area contributed by atoms with Crippen molar-refractivity contribution in [2.24, 2.45) is 0 Å². The molecule has 0 rings (SSSR count). The predicted molar refractivity (Wildman–Crippen MR) is 176 cm³/mol. The first-order chi connectivity index (χ1) is 20.7. The standard InChI is InChI=1S/C21H42O4.C12H24O2.C2H4O2/c1-2-3-4-5-6-7-8-9-10-11-12-13-14-15-16-17-21(24)25-19-20(23)18-22;1-2-3-4-5-6-7-8-9-10-11-12(13)14;1-2(3)4/h20,22-23H,2-19H2,1H3;2-11H2,1H3,(H,13,14);1H3,(H,3,4). The SMILES string of the molecule is CC(=O)O.CCCCCCCCCCCC(=O)O.CCCCCCCCCCCCCCCCCC(=O)OCC(O)CO. The Balaban J connectivity index is -0.000000743. The molecule has 8 nitrogen and oxygen atoms in total. The van der Waals surface area contributed by atoms with Crippen molar-refractivity contribution in [3.8, 4) is 0 Å². The number of esters is 1. The Bertz CT molecular complexity index is 578. The molecule has 0 aliphatic carbocycles. The van der Waals surface area contributed by atoms with Gasteiger partial charge in [-0.15, -0.1) is 0 Å². The summed E-state index contributed by atoms with van der Waals surface area (Å²) in [6, 6.07) is 0. The minimum Gasteiger partial charge on any atom is -0.481 e. The lowest BCUT2D eigenvalue weighted by molar-refractivity contribution is -0.147. The highest BCUT2D eigenvalue weighted by Crippen LogP contribution is 2.14. The minimum absolute atomic E-state index is 0.103. The molecule has 0 spiro atoms. The molecule has 0 fully saturated rings. The quantitative estimate of drug-likeness (QED) is 0.0480. The van der Waals surface area contributed by atoms with E-state index in [0.29, 0.717) is 12.8 Å². The molecule has 0 amide bonds. The van der Waals surface area contributed by atoms with Gasteiger partial charge in [-0.3, -0.25) is 14.4 Å². The van der Waals surface area contributed by atoms with Crippen LogP contribution in [0, 0.1) is 0 Å². The van der Waals surface area contributed by atoms with Crippen molar-refractivity contribution >= 4 is 17.9 Å². The van der Waals surface area contributed by atoms with Crippen LogP contribution >= 0.6 is 0 Å². The second-order valence-electron chi connectivity index (χ2n) is 11.7. The predicted octanol–water partition coefficient (Wildman–Crippen LogP) is 9.23. The van der Waals surface area contributed by atoms with Crippen molar-refractivity contribution in [1.82, 2.24) is 0 Å². The van der Waals surface area contributed by atoms with Crippen LogP contribution in [0.2, 0.25) is 0 Å². The number of carbonyl (C=O) groups excluding carboxylic acids is 1. The fourth-order valence-electron chi connectivity index (χ4n) is 4.54. The average Bonchev–Trinajstić information content (AvgIpc) is 2.97.